The number of hydrogen-bond acceptors (Lipinski definition) is 2. The van der Waals surface area contributed by atoms with E-state index in [0.29, 0.717) is 5.92 Å². The van der Waals surface area contributed by atoms with Crippen molar-refractivity contribution in [1.82, 2.24) is 15.1 Å². The van der Waals surface area contributed by atoms with Crippen LogP contribution in [0.3, 0.4) is 0 Å². The second-order valence-electron chi connectivity index (χ2n) is 5.06. The van der Waals surface area contributed by atoms with Crippen LogP contribution in [0, 0.1) is 0 Å². The van der Waals surface area contributed by atoms with Crippen LogP contribution in [0.4, 0.5) is 0 Å². The Balaban J connectivity index is 2.33. The topological polar surface area (TPSA) is 29.9 Å². The Morgan fingerprint density at radius 2 is 1.95 bits per heavy atom. The summed E-state index contributed by atoms with van der Waals surface area (Å²) in [7, 11) is 1.93. The molecule has 0 saturated heterocycles. The quantitative estimate of drug-likeness (QED) is 0.918. The van der Waals surface area contributed by atoms with Gasteiger partial charge in [0.1, 0.15) is 0 Å². The molecule has 0 bridgehead atoms. The van der Waals surface area contributed by atoms with E-state index in [1.165, 1.54) is 0 Å². The van der Waals surface area contributed by atoms with Gasteiger partial charge in [-0.25, -0.2) is 4.68 Å². The predicted octanol–water partition coefficient (Wildman–Crippen LogP) is 3.93. The highest BCUT2D eigenvalue weighted by Crippen LogP contribution is 2.25. The lowest BCUT2D eigenvalue weighted by Crippen LogP contribution is -2.12. The zero-order valence-electron chi connectivity index (χ0n) is 11.8. The molecule has 0 aliphatic rings. The van der Waals surface area contributed by atoms with Crippen LogP contribution in [0.15, 0.2) is 30.5 Å². The Labute approximate surface area is 119 Å². The first-order valence-corrected chi connectivity index (χ1v) is 6.93. The van der Waals surface area contributed by atoms with Crippen molar-refractivity contribution in [3.63, 3.8) is 0 Å². The minimum atomic E-state index is 0.241. The van der Waals surface area contributed by atoms with Gasteiger partial charge < -0.3 is 5.32 Å². The highest BCUT2D eigenvalue weighted by atomic mass is 35.5. The summed E-state index contributed by atoms with van der Waals surface area (Å²) in [6.07, 6.45) is 1.97. The molecule has 19 heavy (non-hydrogen) atoms. The van der Waals surface area contributed by atoms with E-state index in [2.05, 4.69) is 37.3 Å². The molecule has 1 atom stereocenters. The first kappa shape index (κ1) is 14.1. The van der Waals surface area contributed by atoms with Crippen molar-refractivity contribution in [2.75, 3.05) is 7.05 Å². The molecule has 3 nitrogen and oxygen atoms in total. The van der Waals surface area contributed by atoms with Crippen LogP contribution < -0.4 is 5.32 Å². The lowest BCUT2D eigenvalue weighted by Gasteiger charge is -2.13. The summed E-state index contributed by atoms with van der Waals surface area (Å²) in [4.78, 5) is 0. The zero-order valence-corrected chi connectivity index (χ0v) is 12.6. The van der Waals surface area contributed by atoms with E-state index in [1.807, 2.05) is 36.1 Å². The fourth-order valence-corrected chi connectivity index (χ4v) is 2.29. The van der Waals surface area contributed by atoms with Crippen LogP contribution in [0.5, 0.6) is 0 Å². The van der Waals surface area contributed by atoms with E-state index >= 15 is 0 Å². The standard InChI is InChI=1S/C15H20ClN3/c1-10(2)15-7-8-19(18-15)12-5-6-13(11(3)17-4)14(16)9-12/h5-11,17H,1-4H3. The van der Waals surface area contributed by atoms with E-state index in [0.717, 1.165) is 22.0 Å². The van der Waals surface area contributed by atoms with Gasteiger partial charge in [0.25, 0.3) is 0 Å². The van der Waals surface area contributed by atoms with Crippen LogP contribution in [0.25, 0.3) is 5.69 Å². The van der Waals surface area contributed by atoms with Crippen molar-refractivity contribution < 1.29 is 0 Å². The van der Waals surface area contributed by atoms with Crippen molar-refractivity contribution in [3.8, 4) is 5.69 Å². The molecule has 1 N–H and O–H groups in total. The molecule has 1 aromatic carbocycles. The second-order valence-corrected chi connectivity index (χ2v) is 5.46. The Bertz CT molecular complexity index is 560. The first-order chi connectivity index (χ1) is 9.02. The van der Waals surface area contributed by atoms with Gasteiger partial charge in [0, 0.05) is 17.3 Å². The van der Waals surface area contributed by atoms with Crippen molar-refractivity contribution >= 4 is 11.6 Å². The third-order valence-corrected chi connectivity index (χ3v) is 3.68. The smallest absolute Gasteiger partial charge is 0.0660 e. The molecule has 0 amide bonds. The van der Waals surface area contributed by atoms with Gasteiger partial charge in [-0.1, -0.05) is 31.5 Å². The number of benzene rings is 1. The van der Waals surface area contributed by atoms with Gasteiger partial charge in [0.15, 0.2) is 0 Å². The molecule has 1 unspecified atom stereocenters. The van der Waals surface area contributed by atoms with Gasteiger partial charge in [0.05, 0.1) is 11.4 Å². The Morgan fingerprint density at radius 1 is 1.21 bits per heavy atom. The maximum Gasteiger partial charge on any atom is 0.0660 e. The van der Waals surface area contributed by atoms with Crippen molar-refractivity contribution in [2.24, 2.45) is 0 Å². The number of hydrogen-bond donors (Lipinski definition) is 1. The molecule has 102 valence electrons. The van der Waals surface area contributed by atoms with Gasteiger partial charge in [0.2, 0.25) is 0 Å². The summed E-state index contributed by atoms with van der Waals surface area (Å²) < 4.78 is 1.87. The molecule has 2 aromatic rings. The summed E-state index contributed by atoms with van der Waals surface area (Å²) in [6.45, 7) is 6.36. The molecular formula is C15H20ClN3. The lowest BCUT2D eigenvalue weighted by atomic mass is 10.1. The molecule has 1 heterocycles. The van der Waals surface area contributed by atoms with Crippen molar-refractivity contribution in [2.45, 2.75) is 32.7 Å². The van der Waals surface area contributed by atoms with Crippen molar-refractivity contribution in [3.05, 3.63) is 46.7 Å². The molecule has 0 saturated carbocycles. The van der Waals surface area contributed by atoms with Crippen LogP contribution >= 0.6 is 11.6 Å². The Hall–Kier alpha value is -1.32. The lowest BCUT2D eigenvalue weighted by molar-refractivity contribution is 0.652. The third kappa shape index (κ3) is 2.99. The number of aromatic nitrogens is 2. The average molecular weight is 278 g/mol. The zero-order chi connectivity index (χ0) is 14.0. The molecular weight excluding hydrogens is 258 g/mol. The van der Waals surface area contributed by atoms with Gasteiger partial charge in [-0.05, 0) is 43.7 Å². The molecule has 0 spiro atoms. The molecule has 0 fully saturated rings. The molecule has 2 rings (SSSR count). The monoisotopic (exact) mass is 277 g/mol. The fourth-order valence-electron chi connectivity index (χ4n) is 1.95. The van der Waals surface area contributed by atoms with Crippen LogP contribution in [0.2, 0.25) is 5.02 Å². The van der Waals surface area contributed by atoms with E-state index in [-0.39, 0.29) is 6.04 Å². The van der Waals surface area contributed by atoms with E-state index in [4.69, 9.17) is 11.6 Å². The molecule has 0 aliphatic heterocycles. The highest BCUT2D eigenvalue weighted by molar-refractivity contribution is 6.31. The Kier molecular flexibility index (Phi) is 4.27. The number of rotatable bonds is 4. The van der Waals surface area contributed by atoms with Gasteiger partial charge in [-0.3, -0.25) is 0 Å². The first-order valence-electron chi connectivity index (χ1n) is 6.55. The van der Waals surface area contributed by atoms with Gasteiger partial charge in [-0.15, -0.1) is 0 Å². The maximum atomic E-state index is 6.34. The normalized spacial score (nSPS) is 12.9. The fraction of sp³-hybridized carbons (Fsp3) is 0.400. The molecule has 0 radical (unpaired) electrons. The maximum absolute atomic E-state index is 6.34. The van der Waals surface area contributed by atoms with E-state index in [1.54, 1.807) is 0 Å². The molecule has 1 aromatic heterocycles. The summed E-state index contributed by atoms with van der Waals surface area (Å²) in [5.74, 6) is 0.431. The highest BCUT2D eigenvalue weighted by Gasteiger charge is 2.10. The summed E-state index contributed by atoms with van der Waals surface area (Å²) in [6, 6.07) is 8.34. The van der Waals surface area contributed by atoms with Crippen LogP contribution in [-0.2, 0) is 0 Å². The Morgan fingerprint density at radius 3 is 2.47 bits per heavy atom. The number of nitrogens with one attached hydrogen (secondary N) is 1. The van der Waals surface area contributed by atoms with Crippen LogP contribution in [0.1, 0.15) is 44.0 Å². The van der Waals surface area contributed by atoms with Crippen LogP contribution in [-0.4, -0.2) is 16.8 Å². The van der Waals surface area contributed by atoms with E-state index < -0.39 is 0 Å². The molecule has 4 heteroatoms. The second kappa shape index (κ2) is 5.76. The minimum Gasteiger partial charge on any atom is -0.313 e. The average Bonchev–Trinajstić information content (AvgIpc) is 2.87. The number of nitrogens with zero attached hydrogens (tertiary/aromatic N) is 2. The van der Waals surface area contributed by atoms with Gasteiger partial charge in [-0.2, -0.15) is 5.10 Å². The van der Waals surface area contributed by atoms with Crippen molar-refractivity contribution in [1.29, 1.82) is 0 Å². The SMILES string of the molecule is CNC(C)c1ccc(-n2ccc(C(C)C)n2)cc1Cl. The van der Waals surface area contributed by atoms with E-state index in [9.17, 15) is 0 Å². The number of halogens is 1. The van der Waals surface area contributed by atoms with Gasteiger partial charge >= 0.3 is 0 Å². The molecule has 0 aliphatic carbocycles. The third-order valence-electron chi connectivity index (χ3n) is 3.35. The summed E-state index contributed by atoms with van der Waals surface area (Å²) >= 11 is 6.34. The largest absolute Gasteiger partial charge is 0.313 e. The summed E-state index contributed by atoms with van der Waals surface area (Å²) in [5, 5.41) is 8.52. The minimum absolute atomic E-state index is 0.241. The summed E-state index contributed by atoms with van der Waals surface area (Å²) in [5.41, 5.74) is 3.18. The predicted molar refractivity (Wildman–Crippen MR) is 80.1 cm³/mol.